The second kappa shape index (κ2) is 6.04. The fraction of sp³-hybridized carbons (Fsp3) is 0.615. The lowest BCUT2D eigenvalue weighted by atomic mass is 10.0. The first-order valence-corrected chi connectivity index (χ1v) is 8.83. The minimum atomic E-state index is -3.47. The molecule has 6 heteroatoms. The molecule has 0 amide bonds. The van der Waals surface area contributed by atoms with Crippen molar-refractivity contribution < 1.29 is 8.42 Å². The van der Waals surface area contributed by atoms with Crippen molar-refractivity contribution in [2.75, 3.05) is 0 Å². The first kappa shape index (κ1) is 14.5. The quantitative estimate of drug-likeness (QED) is 0.872. The van der Waals surface area contributed by atoms with Gasteiger partial charge >= 0.3 is 0 Å². The highest BCUT2D eigenvalue weighted by atomic mass is 32.2. The summed E-state index contributed by atoms with van der Waals surface area (Å²) in [6.45, 7) is 2.22. The fourth-order valence-electron chi connectivity index (χ4n) is 2.41. The van der Waals surface area contributed by atoms with Gasteiger partial charge in [0.15, 0.2) is 0 Å². The second-order valence-corrected chi connectivity index (χ2v) is 8.19. The summed E-state index contributed by atoms with van der Waals surface area (Å²) >= 11 is 1.02. The number of nitrogens with one attached hydrogen (secondary N) is 1. The van der Waals surface area contributed by atoms with Gasteiger partial charge in [-0.3, -0.25) is 0 Å². The van der Waals surface area contributed by atoms with Crippen LogP contribution in [0.25, 0.3) is 0 Å². The average Bonchev–Trinajstić information content (AvgIpc) is 2.77. The summed E-state index contributed by atoms with van der Waals surface area (Å²) in [4.78, 5) is 0.426. The molecule has 1 aliphatic rings. The van der Waals surface area contributed by atoms with Gasteiger partial charge in [0.2, 0.25) is 10.0 Å². The minimum absolute atomic E-state index is 0.0302. The molecule has 1 fully saturated rings. The Labute approximate surface area is 118 Å². The van der Waals surface area contributed by atoms with Gasteiger partial charge in [0.25, 0.3) is 0 Å². The first-order chi connectivity index (χ1) is 9.01. The average molecular weight is 298 g/mol. The third kappa shape index (κ3) is 3.78. The van der Waals surface area contributed by atoms with Crippen molar-refractivity contribution in [3.05, 3.63) is 17.0 Å². The molecule has 1 aromatic rings. The Kier molecular flexibility index (Phi) is 4.61. The van der Waals surface area contributed by atoms with Crippen molar-refractivity contribution >= 4 is 21.4 Å². The van der Waals surface area contributed by atoms with Crippen LogP contribution in [0, 0.1) is 17.2 Å². The molecule has 2 rings (SSSR count). The van der Waals surface area contributed by atoms with Gasteiger partial charge in [0.05, 0.1) is 0 Å². The summed E-state index contributed by atoms with van der Waals surface area (Å²) in [6.07, 6.45) is 5.12. The van der Waals surface area contributed by atoms with Crippen LogP contribution in [-0.2, 0) is 10.0 Å². The van der Waals surface area contributed by atoms with Gasteiger partial charge in [0.1, 0.15) is 15.2 Å². The zero-order valence-electron chi connectivity index (χ0n) is 10.9. The molecular weight excluding hydrogens is 280 g/mol. The van der Waals surface area contributed by atoms with Crippen LogP contribution in [-0.4, -0.2) is 14.5 Å². The van der Waals surface area contributed by atoms with Crippen molar-refractivity contribution in [1.82, 2.24) is 4.72 Å². The summed E-state index contributed by atoms with van der Waals surface area (Å²) < 4.78 is 27.4. The molecule has 1 saturated carbocycles. The second-order valence-electron chi connectivity index (χ2n) is 5.16. The molecule has 2 unspecified atom stereocenters. The van der Waals surface area contributed by atoms with E-state index in [1.54, 1.807) is 6.07 Å². The zero-order chi connectivity index (χ0) is 13.9. The normalized spacial score (nSPS) is 24.6. The minimum Gasteiger partial charge on any atom is -0.207 e. The Hall–Kier alpha value is -0.900. The molecule has 0 bridgehead atoms. The highest BCUT2D eigenvalue weighted by Crippen LogP contribution is 2.25. The predicted octanol–water partition coefficient (Wildman–Crippen LogP) is 2.87. The van der Waals surface area contributed by atoms with Gasteiger partial charge in [-0.15, -0.1) is 11.3 Å². The third-order valence-electron chi connectivity index (χ3n) is 3.54. The lowest BCUT2D eigenvalue weighted by molar-refractivity contribution is 0.485. The Morgan fingerprint density at radius 3 is 2.79 bits per heavy atom. The molecule has 19 heavy (non-hydrogen) atoms. The van der Waals surface area contributed by atoms with E-state index in [-0.39, 0.29) is 10.3 Å². The van der Waals surface area contributed by atoms with Crippen molar-refractivity contribution in [2.24, 2.45) is 5.92 Å². The van der Waals surface area contributed by atoms with Crippen LogP contribution in [0.2, 0.25) is 0 Å². The maximum atomic E-state index is 12.2. The maximum Gasteiger partial charge on any atom is 0.250 e. The molecule has 0 radical (unpaired) electrons. The van der Waals surface area contributed by atoms with Gasteiger partial charge in [-0.2, -0.15) is 5.26 Å². The van der Waals surface area contributed by atoms with Crippen molar-refractivity contribution in [3.8, 4) is 6.07 Å². The van der Waals surface area contributed by atoms with Gasteiger partial charge in [-0.25, -0.2) is 13.1 Å². The maximum absolute atomic E-state index is 12.2. The molecule has 0 spiro atoms. The topological polar surface area (TPSA) is 70.0 Å². The lowest BCUT2D eigenvalue weighted by Crippen LogP contribution is -2.34. The van der Waals surface area contributed by atoms with E-state index in [0.29, 0.717) is 10.8 Å². The lowest BCUT2D eigenvalue weighted by Gasteiger charge is -2.15. The molecule has 104 valence electrons. The first-order valence-electron chi connectivity index (χ1n) is 6.53. The van der Waals surface area contributed by atoms with E-state index < -0.39 is 10.0 Å². The molecule has 1 heterocycles. The van der Waals surface area contributed by atoms with Crippen molar-refractivity contribution in [2.45, 2.75) is 49.3 Å². The van der Waals surface area contributed by atoms with Crippen LogP contribution in [0.15, 0.2) is 16.3 Å². The monoisotopic (exact) mass is 298 g/mol. The Bertz CT molecular complexity index is 572. The van der Waals surface area contributed by atoms with Crippen LogP contribution in [0.1, 0.15) is 43.9 Å². The number of hydrogen-bond donors (Lipinski definition) is 1. The fourth-order valence-corrected chi connectivity index (χ4v) is 4.83. The Morgan fingerprint density at radius 1 is 1.32 bits per heavy atom. The highest BCUT2D eigenvalue weighted by molar-refractivity contribution is 7.91. The van der Waals surface area contributed by atoms with E-state index in [1.165, 1.54) is 12.5 Å². The van der Waals surface area contributed by atoms with E-state index in [4.69, 9.17) is 5.26 Å². The molecule has 0 aliphatic heterocycles. The SMILES string of the molecule is CC1CCCC(NS(=O)(=O)c2ccc(C#N)s2)CC1. The molecule has 0 saturated heterocycles. The Morgan fingerprint density at radius 2 is 2.11 bits per heavy atom. The van der Waals surface area contributed by atoms with Gasteiger partial charge in [0, 0.05) is 6.04 Å². The molecule has 2 atom stereocenters. The van der Waals surface area contributed by atoms with Gasteiger partial charge < -0.3 is 0 Å². The third-order valence-corrected chi connectivity index (χ3v) is 6.54. The summed E-state index contributed by atoms with van der Waals surface area (Å²) in [5.74, 6) is 0.682. The van der Waals surface area contributed by atoms with Crippen LogP contribution in [0.4, 0.5) is 0 Å². The van der Waals surface area contributed by atoms with E-state index in [9.17, 15) is 8.42 Å². The summed E-state index contributed by atoms with van der Waals surface area (Å²) in [7, 11) is -3.47. The molecule has 1 aromatic heterocycles. The smallest absolute Gasteiger partial charge is 0.207 e. The molecule has 1 N–H and O–H groups in total. The molecule has 0 aromatic carbocycles. The van der Waals surface area contributed by atoms with Crippen LogP contribution < -0.4 is 4.72 Å². The standard InChI is InChI=1S/C13H18N2O2S2/c1-10-3-2-4-11(6-5-10)15-19(16,17)13-8-7-12(9-14)18-13/h7-8,10-11,15H,2-6H2,1H3. The summed E-state index contributed by atoms with van der Waals surface area (Å²) in [5.41, 5.74) is 0. The Balaban J connectivity index is 2.06. The largest absolute Gasteiger partial charge is 0.250 e. The molecule has 1 aliphatic carbocycles. The highest BCUT2D eigenvalue weighted by Gasteiger charge is 2.23. The van der Waals surface area contributed by atoms with E-state index in [1.807, 2.05) is 6.07 Å². The van der Waals surface area contributed by atoms with Gasteiger partial charge in [-0.1, -0.05) is 19.8 Å². The number of nitrogens with zero attached hydrogens (tertiary/aromatic N) is 1. The summed E-state index contributed by atoms with van der Waals surface area (Å²) in [5, 5.41) is 8.75. The van der Waals surface area contributed by atoms with E-state index in [2.05, 4.69) is 11.6 Å². The predicted molar refractivity (Wildman–Crippen MR) is 75.4 cm³/mol. The van der Waals surface area contributed by atoms with Crippen LogP contribution in [0.3, 0.4) is 0 Å². The number of thiophene rings is 1. The number of hydrogen-bond acceptors (Lipinski definition) is 4. The van der Waals surface area contributed by atoms with Crippen LogP contribution >= 0.6 is 11.3 Å². The van der Waals surface area contributed by atoms with Crippen molar-refractivity contribution in [3.63, 3.8) is 0 Å². The number of nitriles is 1. The van der Waals surface area contributed by atoms with Gasteiger partial charge in [-0.05, 0) is 37.3 Å². The summed E-state index contributed by atoms with van der Waals surface area (Å²) in [6, 6.07) is 5.05. The number of rotatable bonds is 3. The zero-order valence-corrected chi connectivity index (χ0v) is 12.6. The molecular formula is C13H18N2O2S2. The van der Waals surface area contributed by atoms with E-state index in [0.717, 1.165) is 37.0 Å². The van der Waals surface area contributed by atoms with E-state index >= 15 is 0 Å². The van der Waals surface area contributed by atoms with Crippen LogP contribution in [0.5, 0.6) is 0 Å². The number of sulfonamides is 1. The molecule has 4 nitrogen and oxygen atoms in total. The van der Waals surface area contributed by atoms with Crippen molar-refractivity contribution in [1.29, 1.82) is 5.26 Å².